The fourth-order valence-electron chi connectivity index (χ4n) is 1.67. The van der Waals surface area contributed by atoms with E-state index in [1.165, 1.54) is 12.1 Å². The molecule has 2 aromatic carbocycles. The average Bonchev–Trinajstić information content (AvgIpc) is 2.40. The second-order valence-electron chi connectivity index (χ2n) is 3.86. The predicted octanol–water partition coefficient (Wildman–Crippen LogP) is 4.81. The van der Waals surface area contributed by atoms with Gasteiger partial charge in [-0.3, -0.25) is 0 Å². The quantitative estimate of drug-likeness (QED) is 0.882. The van der Waals surface area contributed by atoms with E-state index in [-0.39, 0.29) is 10.6 Å². The van der Waals surface area contributed by atoms with Crippen LogP contribution in [0.2, 0.25) is 10.0 Å². The van der Waals surface area contributed by atoms with Gasteiger partial charge in [-0.25, -0.2) is 4.39 Å². The third-order valence-electron chi connectivity index (χ3n) is 2.56. The van der Waals surface area contributed by atoms with Crippen LogP contribution in [0.3, 0.4) is 0 Å². The second kappa shape index (κ2) is 5.92. The van der Waals surface area contributed by atoms with Crippen LogP contribution in [0.15, 0.2) is 42.5 Å². The van der Waals surface area contributed by atoms with E-state index >= 15 is 0 Å². The lowest BCUT2D eigenvalue weighted by Gasteiger charge is -2.14. The van der Waals surface area contributed by atoms with Crippen LogP contribution in [0.1, 0.15) is 11.6 Å². The molecular weight excluding hydrogens is 286 g/mol. The van der Waals surface area contributed by atoms with Crippen molar-refractivity contribution in [3.63, 3.8) is 0 Å². The molecule has 19 heavy (non-hydrogen) atoms. The highest BCUT2D eigenvalue weighted by molar-refractivity contribution is 6.31. The van der Waals surface area contributed by atoms with Crippen LogP contribution in [0.5, 0.6) is 0 Å². The smallest absolute Gasteiger partial charge is 0.148 e. The molecule has 0 saturated carbocycles. The normalized spacial score (nSPS) is 11.7. The predicted molar refractivity (Wildman–Crippen MR) is 74.8 cm³/mol. The van der Waals surface area contributed by atoms with Gasteiger partial charge in [-0.05, 0) is 24.3 Å². The van der Waals surface area contributed by atoms with Gasteiger partial charge in [0.25, 0.3) is 0 Å². The van der Waals surface area contributed by atoms with Crippen LogP contribution in [0, 0.1) is 17.1 Å². The highest BCUT2D eigenvalue weighted by Crippen LogP contribution is 2.26. The van der Waals surface area contributed by atoms with Gasteiger partial charge in [0.1, 0.15) is 11.9 Å². The summed E-state index contributed by atoms with van der Waals surface area (Å²) in [7, 11) is 0. The Kier molecular flexibility index (Phi) is 4.26. The van der Waals surface area contributed by atoms with Crippen molar-refractivity contribution < 1.29 is 4.39 Å². The van der Waals surface area contributed by atoms with Gasteiger partial charge in [0.2, 0.25) is 0 Å². The standard InChI is InChI=1S/C14H9Cl2FN2/c15-9-3-1-4-10(7-9)19-13(8-18)11-5-2-6-12(16)14(11)17/h1-7,13,19H. The van der Waals surface area contributed by atoms with E-state index in [0.717, 1.165) is 0 Å². The third kappa shape index (κ3) is 3.17. The molecule has 0 saturated heterocycles. The van der Waals surface area contributed by atoms with E-state index < -0.39 is 11.9 Å². The number of nitriles is 1. The minimum atomic E-state index is -0.836. The fourth-order valence-corrected chi connectivity index (χ4v) is 2.04. The van der Waals surface area contributed by atoms with Crippen LogP contribution >= 0.6 is 23.2 Å². The van der Waals surface area contributed by atoms with Gasteiger partial charge in [0, 0.05) is 16.3 Å². The summed E-state index contributed by atoms with van der Waals surface area (Å²) in [5, 5.41) is 12.6. The molecule has 0 amide bonds. The van der Waals surface area contributed by atoms with Gasteiger partial charge in [-0.1, -0.05) is 41.4 Å². The molecule has 0 heterocycles. The molecule has 96 valence electrons. The first-order valence-corrected chi connectivity index (χ1v) is 6.23. The molecule has 2 aromatic rings. The maximum atomic E-state index is 13.9. The molecule has 0 spiro atoms. The van der Waals surface area contributed by atoms with Crippen molar-refractivity contribution in [2.75, 3.05) is 5.32 Å². The lowest BCUT2D eigenvalue weighted by Crippen LogP contribution is -2.10. The summed E-state index contributed by atoms with van der Waals surface area (Å²) in [5.74, 6) is -0.592. The molecule has 1 N–H and O–H groups in total. The van der Waals surface area contributed by atoms with Crippen molar-refractivity contribution in [3.05, 3.63) is 63.9 Å². The van der Waals surface area contributed by atoms with Crippen molar-refractivity contribution in [2.24, 2.45) is 0 Å². The van der Waals surface area contributed by atoms with E-state index in [1.807, 2.05) is 6.07 Å². The van der Waals surface area contributed by atoms with Crippen LogP contribution < -0.4 is 5.32 Å². The molecule has 0 bridgehead atoms. The third-order valence-corrected chi connectivity index (χ3v) is 3.08. The number of anilines is 1. The second-order valence-corrected chi connectivity index (χ2v) is 4.70. The lowest BCUT2D eigenvalue weighted by atomic mass is 10.1. The molecule has 0 aliphatic carbocycles. The van der Waals surface area contributed by atoms with Crippen molar-refractivity contribution in [1.29, 1.82) is 5.26 Å². The van der Waals surface area contributed by atoms with Crippen molar-refractivity contribution >= 4 is 28.9 Å². The highest BCUT2D eigenvalue weighted by atomic mass is 35.5. The van der Waals surface area contributed by atoms with E-state index in [0.29, 0.717) is 10.7 Å². The lowest BCUT2D eigenvalue weighted by molar-refractivity contribution is 0.608. The molecule has 0 radical (unpaired) electrons. The number of rotatable bonds is 3. The molecule has 1 unspecified atom stereocenters. The number of halogens is 3. The molecule has 0 aliphatic heterocycles. The Hall–Kier alpha value is -1.76. The summed E-state index contributed by atoms with van der Waals surface area (Å²) in [6.45, 7) is 0. The molecule has 0 fully saturated rings. The van der Waals surface area contributed by atoms with Crippen molar-refractivity contribution in [3.8, 4) is 6.07 Å². The van der Waals surface area contributed by atoms with Crippen molar-refractivity contribution in [1.82, 2.24) is 0 Å². The zero-order valence-electron chi connectivity index (χ0n) is 9.70. The number of nitrogens with zero attached hydrogens (tertiary/aromatic N) is 1. The Labute approximate surface area is 120 Å². The molecule has 0 aliphatic rings. The summed E-state index contributed by atoms with van der Waals surface area (Å²) in [6.07, 6.45) is 0. The number of hydrogen-bond acceptors (Lipinski definition) is 2. The van der Waals surface area contributed by atoms with E-state index in [9.17, 15) is 9.65 Å². The van der Waals surface area contributed by atoms with Gasteiger partial charge in [0.15, 0.2) is 0 Å². The topological polar surface area (TPSA) is 35.8 Å². The maximum Gasteiger partial charge on any atom is 0.148 e. The molecule has 2 rings (SSSR count). The number of hydrogen-bond donors (Lipinski definition) is 1. The summed E-state index contributed by atoms with van der Waals surface area (Å²) in [6, 6.07) is 12.6. The minimum absolute atomic E-state index is 0.00866. The van der Waals surface area contributed by atoms with Crippen LogP contribution in [0.4, 0.5) is 10.1 Å². The van der Waals surface area contributed by atoms with Crippen LogP contribution in [-0.2, 0) is 0 Å². The van der Waals surface area contributed by atoms with Gasteiger partial charge >= 0.3 is 0 Å². The van der Waals surface area contributed by atoms with E-state index in [4.69, 9.17) is 23.2 Å². The zero-order chi connectivity index (χ0) is 13.8. The summed E-state index contributed by atoms with van der Waals surface area (Å²) >= 11 is 11.6. The Morgan fingerprint density at radius 3 is 2.58 bits per heavy atom. The first kappa shape index (κ1) is 13.7. The van der Waals surface area contributed by atoms with Gasteiger partial charge < -0.3 is 5.32 Å². The Bertz CT molecular complexity index is 638. The van der Waals surface area contributed by atoms with Gasteiger partial charge in [-0.2, -0.15) is 5.26 Å². The molecule has 5 heteroatoms. The summed E-state index contributed by atoms with van der Waals surface area (Å²) < 4.78 is 13.9. The summed E-state index contributed by atoms with van der Waals surface area (Å²) in [5.41, 5.74) is 0.841. The monoisotopic (exact) mass is 294 g/mol. The SMILES string of the molecule is N#CC(Nc1cccc(Cl)c1)c1cccc(Cl)c1F. The Balaban J connectivity index is 2.31. The molecule has 2 nitrogen and oxygen atoms in total. The maximum absolute atomic E-state index is 13.9. The van der Waals surface area contributed by atoms with Crippen LogP contribution in [0.25, 0.3) is 0 Å². The number of nitrogens with one attached hydrogen (secondary N) is 1. The molecule has 0 aromatic heterocycles. The van der Waals surface area contributed by atoms with Crippen LogP contribution in [-0.4, -0.2) is 0 Å². The largest absolute Gasteiger partial charge is 0.366 e. The first-order valence-electron chi connectivity index (χ1n) is 5.47. The highest BCUT2D eigenvalue weighted by Gasteiger charge is 2.16. The molecule has 1 atom stereocenters. The Morgan fingerprint density at radius 2 is 1.89 bits per heavy atom. The zero-order valence-corrected chi connectivity index (χ0v) is 11.2. The number of benzene rings is 2. The fraction of sp³-hybridized carbons (Fsp3) is 0.0714. The molecular formula is C14H9Cl2FN2. The van der Waals surface area contributed by atoms with Crippen molar-refractivity contribution in [2.45, 2.75) is 6.04 Å². The summed E-state index contributed by atoms with van der Waals surface area (Å²) in [4.78, 5) is 0. The van der Waals surface area contributed by atoms with Gasteiger partial charge in [-0.15, -0.1) is 0 Å². The Morgan fingerprint density at radius 1 is 1.16 bits per heavy atom. The minimum Gasteiger partial charge on any atom is -0.366 e. The average molecular weight is 295 g/mol. The van der Waals surface area contributed by atoms with E-state index in [2.05, 4.69) is 5.32 Å². The van der Waals surface area contributed by atoms with Gasteiger partial charge in [0.05, 0.1) is 11.1 Å². The first-order chi connectivity index (χ1) is 9.11. The van der Waals surface area contributed by atoms with E-state index in [1.54, 1.807) is 30.3 Å².